The predicted molar refractivity (Wildman–Crippen MR) is 80.6 cm³/mol. The van der Waals surface area contributed by atoms with Gasteiger partial charge in [0, 0.05) is 6.42 Å². The van der Waals surface area contributed by atoms with Gasteiger partial charge >= 0.3 is 0 Å². The molecule has 1 heterocycles. The molecule has 0 amide bonds. The third-order valence-corrected chi connectivity index (χ3v) is 3.24. The smallest absolute Gasteiger partial charge is 0.142 e. The molecule has 0 saturated heterocycles. The van der Waals surface area contributed by atoms with Gasteiger partial charge < -0.3 is 0 Å². The summed E-state index contributed by atoms with van der Waals surface area (Å²) in [5.74, 6) is 0.296. The highest BCUT2D eigenvalue weighted by Crippen LogP contribution is 2.33. The lowest BCUT2D eigenvalue weighted by atomic mass is 9.92. The van der Waals surface area contributed by atoms with E-state index in [9.17, 15) is 4.39 Å². The molecule has 0 fully saturated rings. The number of nitrogens with zero attached hydrogens (tertiary/aromatic N) is 2. The zero-order chi connectivity index (χ0) is 14.9. The average molecular weight is 313 g/mol. The topological polar surface area (TPSA) is 25.8 Å². The first-order valence-electron chi connectivity index (χ1n) is 6.24. The van der Waals surface area contributed by atoms with Crippen molar-refractivity contribution in [3.8, 4) is 11.1 Å². The maximum Gasteiger partial charge on any atom is 0.142 e. The van der Waals surface area contributed by atoms with Crippen LogP contribution in [0.25, 0.3) is 11.1 Å². The standard InChI is InChI=1S/C15H15Cl2FN2/c1-15(2,3)8-11-19-13(16)12(14(17)20-11)9-4-6-10(18)7-5-9/h4-7H,8H2,1-3H3. The number of rotatable bonds is 2. The maximum absolute atomic E-state index is 13.0. The molecular formula is C15H15Cl2FN2. The maximum atomic E-state index is 13.0. The van der Waals surface area contributed by atoms with Crippen LogP contribution in [-0.4, -0.2) is 9.97 Å². The van der Waals surface area contributed by atoms with Gasteiger partial charge in [-0.15, -0.1) is 0 Å². The highest BCUT2D eigenvalue weighted by Gasteiger charge is 2.18. The van der Waals surface area contributed by atoms with Crippen molar-refractivity contribution >= 4 is 23.2 Å². The molecule has 0 radical (unpaired) electrons. The molecule has 0 saturated carbocycles. The van der Waals surface area contributed by atoms with Crippen molar-refractivity contribution in [2.45, 2.75) is 27.2 Å². The lowest BCUT2D eigenvalue weighted by Crippen LogP contribution is -2.12. The van der Waals surface area contributed by atoms with E-state index in [2.05, 4.69) is 30.7 Å². The average Bonchev–Trinajstić information content (AvgIpc) is 2.28. The van der Waals surface area contributed by atoms with E-state index >= 15 is 0 Å². The number of hydrogen-bond acceptors (Lipinski definition) is 2. The Morgan fingerprint density at radius 2 is 1.50 bits per heavy atom. The molecule has 2 nitrogen and oxygen atoms in total. The first-order valence-corrected chi connectivity index (χ1v) is 7.00. The van der Waals surface area contributed by atoms with E-state index < -0.39 is 0 Å². The van der Waals surface area contributed by atoms with Gasteiger partial charge in [-0.2, -0.15) is 0 Å². The van der Waals surface area contributed by atoms with E-state index in [1.54, 1.807) is 12.1 Å². The van der Waals surface area contributed by atoms with Gasteiger partial charge in [-0.3, -0.25) is 0 Å². The highest BCUT2D eigenvalue weighted by atomic mass is 35.5. The van der Waals surface area contributed by atoms with Crippen LogP contribution < -0.4 is 0 Å². The van der Waals surface area contributed by atoms with E-state index in [0.29, 0.717) is 23.4 Å². The van der Waals surface area contributed by atoms with Crippen LogP contribution in [0.15, 0.2) is 24.3 Å². The highest BCUT2D eigenvalue weighted by molar-refractivity contribution is 6.37. The fourth-order valence-corrected chi connectivity index (χ4v) is 2.50. The molecule has 1 aromatic heterocycles. The quantitative estimate of drug-likeness (QED) is 0.714. The Bertz CT molecular complexity index is 596. The van der Waals surface area contributed by atoms with Gasteiger partial charge in [0.25, 0.3) is 0 Å². The number of halogens is 3. The Hall–Kier alpha value is -1.19. The van der Waals surface area contributed by atoms with Gasteiger partial charge in [-0.1, -0.05) is 56.1 Å². The van der Waals surface area contributed by atoms with Crippen LogP contribution >= 0.6 is 23.2 Å². The second-order valence-corrected chi connectivity index (χ2v) is 6.56. The van der Waals surface area contributed by atoms with Gasteiger partial charge in [-0.25, -0.2) is 14.4 Å². The third-order valence-electron chi connectivity index (χ3n) is 2.69. The number of aromatic nitrogens is 2. The van der Waals surface area contributed by atoms with Crippen molar-refractivity contribution in [1.82, 2.24) is 9.97 Å². The molecule has 0 unspecified atom stereocenters. The van der Waals surface area contributed by atoms with Crippen LogP contribution in [0.3, 0.4) is 0 Å². The fraction of sp³-hybridized carbons (Fsp3) is 0.333. The molecule has 0 aliphatic heterocycles. The molecule has 2 aromatic rings. The third kappa shape index (κ3) is 3.68. The Balaban J connectivity index is 2.43. The monoisotopic (exact) mass is 312 g/mol. The Labute approximate surface area is 128 Å². The molecule has 20 heavy (non-hydrogen) atoms. The van der Waals surface area contributed by atoms with Crippen molar-refractivity contribution in [2.75, 3.05) is 0 Å². The van der Waals surface area contributed by atoms with E-state index in [0.717, 1.165) is 0 Å². The lowest BCUT2D eigenvalue weighted by molar-refractivity contribution is 0.400. The summed E-state index contributed by atoms with van der Waals surface area (Å²) < 4.78 is 13.0. The molecule has 0 atom stereocenters. The summed E-state index contributed by atoms with van der Waals surface area (Å²) in [4.78, 5) is 8.59. The van der Waals surface area contributed by atoms with Crippen molar-refractivity contribution in [3.63, 3.8) is 0 Å². The fourth-order valence-electron chi connectivity index (χ4n) is 1.86. The molecule has 2 rings (SSSR count). The molecule has 0 aliphatic rings. The summed E-state index contributed by atoms with van der Waals surface area (Å²) in [7, 11) is 0. The summed E-state index contributed by atoms with van der Waals surface area (Å²) in [6.07, 6.45) is 0.677. The van der Waals surface area contributed by atoms with Crippen molar-refractivity contribution in [2.24, 2.45) is 5.41 Å². The minimum atomic E-state index is -0.314. The molecule has 1 aromatic carbocycles. The molecule has 5 heteroatoms. The van der Waals surface area contributed by atoms with Crippen LogP contribution in [-0.2, 0) is 6.42 Å². The second-order valence-electron chi connectivity index (χ2n) is 5.84. The minimum absolute atomic E-state index is 0.0457. The molecular weight excluding hydrogens is 298 g/mol. The van der Waals surface area contributed by atoms with Crippen LogP contribution in [0.2, 0.25) is 10.3 Å². The van der Waals surface area contributed by atoms with Gasteiger partial charge in [-0.05, 0) is 23.1 Å². The zero-order valence-electron chi connectivity index (χ0n) is 11.5. The normalized spacial score (nSPS) is 11.7. The Morgan fingerprint density at radius 3 is 1.95 bits per heavy atom. The SMILES string of the molecule is CC(C)(C)Cc1nc(Cl)c(-c2ccc(F)cc2)c(Cl)n1. The molecule has 0 N–H and O–H groups in total. The van der Waals surface area contributed by atoms with E-state index in [1.807, 2.05) is 0 Å². The van der Waals surface area contributed by atoms with E-state index in [1.165, 1.54) is 12.1 Å². The van der Waals surface area contributed by atoms with Crippen LogP contribution in [0, 0.1) is 11.2 Å². The van der Waals surface area contributed by atoms with Crippen molar-refractivity contribution < 1.29 is 4.39 Å². The summed E-state index contributed by atoms with van der Waals surface area (Å²) in [6, 6.07) is 5.92. The van der Waals surface area contributed by atoms with Crippen LogP contribution in [0.4, 0.5) is 4.39 Å². The zero-order valence-corrected chi connectivity index (χ0v) is 13.1. The Kier molecular flexibility index (Phi) is 4.31. The van der Waals surface area contributed by atoms with Gasteiger partial charge in [0.15, 0.2) is 0 Å². The van der Waals surface area contributed by atoms with Crippen molar-refractivity contribution in [3.05, 3.63) is 46.2 Å². The first kappa shape index (κ1) is 15.2. The largest absolute Gasteiger partial charge is 0.220 e. The molecule has 106 valence electrons. The summed E-state index contributed by atoms with van der Waals surface area (Å²) >= 11 is 12.4. The summed E-state index contributed by atoms with van der Waals surface area (Å²) in [5, 5.41) is 0.576. The minimum Gasteiger partial charge on any atom is -0.220 e. The molecule has 0 aliphatic carbocycles. The van der Waals surface area contributed by atoms with Gasteiger partial charge in [0.1, 0.15) is 21.9 Å². The van der Waals surface area contributed by atoms with Gasteiger partial charge in [0.2, 0.25) is 0 Å². The summed E-state index contributed by atoms with van der Waals surface area (Å²) in [6.45, 7) is 6.27. The lowest BCUT2D eigenvalue weighted by Gasteiger charge is -2.17. The van der Waals surface area contributed by atoms with Crippen molar-refractivity contribution in [1.29, 1.82) is 0 Å². The first-order chi connectivity index (χ1) is 9.26. The second kappa shape index (κ2) is 5.66. The van der Waals surface area contributed by atoms with Gasteiger partial charge in [0.05, 0.1) is 5.56 Å². The number of benzene rings is 1. The number of hydrogen-bond donors (Lipinski definition) is 0. The van der Waals surface area contributed by atoms with E-state index in [4.69, 9.17) is 23.2 Å². The molecule has 0 spiro atoms. The summed E-state index contributed by atoms with van der Waals surface area (Å²) in [5.41, 5.74) is 1.28. The predicted octanol–water partition coefficient (Wildman–Crippen LogP) is 5.18. The van der Waals surface area contributed by atoms with E-state index in [-0.39, 0.29) is 21.5 Å². The molecule has 0 bridgehead atoms. The van der Waals surface area contributed by atoms with Crippen LogP contribution in [0.1, 0.15) is 26.6 Å². The Morgan fingerprint density at radius 1 is 1.00 bits per heavy atom. The van der Waals surface area contributed by atoms with Crippen LogP contribution in [0.5, 0.6) is 0 Å².